The van der Waals surface area contributed by atoms with E-state index in [1.807, 2.05) is 6.07 Å². The fraction of sp³-hybridized carbons (Fsp3) is 0.235. The smallest absolute Gasteiger partial charge is 0.190 e. The van der Waals surface area contributed by atoms with Gasteiger partial charge in [0.1, 0.15) is 0 Å². The number of hydrogen-bond donors (Lipinski definition) is 1. The Morgan fingerprint density at radius 1 is 1.14 bits per heavy atom. The number of aliphatic hydroxyl groups excluding tert-OH is 1. The van der Waals surface area contributed by atoms with Crippen molar-refractivity contribution < 1.29 is 5.11 Å². The molecule has 22 heavy (non-hydrogen) atoms. The number of aliphatic hydroxyl groups is 1. The lowest BCUT2D eigenvalue weighted by atomic mass is 10.1. The summed E-state index contributed by atoms with van der Waals surface area (Å²) in [4.78, 5) is 6.91. The monoisotopic (exact) mass is 330 g/mol. The zero-order chi connectivity index (χ0) is 15.5. The summed E-state index contributed by atoms with van der Waals surface area (Å²) >= 11 is 3.32. The van der Waals surface area contributed by atoms with E-state index in [1.54, 1.807) is 22.7 Å². The van der Waals surface area contributed by atoms with Gasteiger partial charge in [0.2, 0.25) is 0 Å². The second kappa shape index (κ2) is 6.60. The summed E-state index contributed by atoms with van der Waals surface area (Å²) in [7, 11) is 0. The van der Waals surface area contributed by atoms with Crippen LogP contribution in [0.3, 0.4) is 0 Å². The topological polar surface area (TPSA) is 37.5 Å². The lowest BCUT2D eigenvalue weighted by molar-refractivity contribution is 0.275. The van der Waals surface area contributed by atoms with Gasteiger partial charge in [-0.3, -0.25) is 0 Å². The van der Waals surface area contributed by atoms with E-state index in [0.29, 0.717) is 6.54 Å². The third kappa shape index (κ3) is 3.21. The second-order valence-corrected chi connectivity index (χ2v) is 7.00. The molecule has 1 aromatic carbocycles. The van der Waals surface area contributed by atoms with Crippen LogP contribution in [-0.2, 0) is 6.54 Å². The van der Waals surface area contributed by atoms with E-state index in [2.05, 4.69) is 53.4 Å². The van der Waals surface area contributed by atoms with E-state index >= 15 is 0 Å². The summed E-state index contributed by atoms with van der Waals surface area (Å²) in [5, 5.41) is 13.6. The third-order valence-corrected chi connectivity index (χ3v) is 5.08. The highest BCUT2D eigenvalue weighted by molar-refractivity contribution is 7.14. The molecule has 2 heterocycles. The SMILES string of the molecule is Cc1cc(C)cc(N=c2scc(-c3cccs3)n2CCO)c1. The first-order valence-corrected chi connectivity index (χ1v) is 8.89. The molecule has 3 aromatic rings. The van der Waals surface area contributed by atoms with Crippen LogP contribution in [0.15, 0.2) is 46.1 Å². The van der Waals surface area contributed by atoms with Gasteiger partial charge in [0, 0.05) is 11.9 Å². The van der Waals surface area contributed by atoms with Gasteiger partial charge >= 0.3 is 0 Å². The Bertz CT molecular complexity index is 808. The fourth-order valence-corrected chi connectivity index (χ4v) is 4.25. The predicted molar refractivity (Wildman–Crippen MR) is 93.8 cm³/mol. The number of rotatable bonds is 4. The molecule has 5 heteroatoms. The van der Waals surface area contributed by atoms with Crippen LogP contribution < -0.4 is 4.80 Å². The highest BCUT2D eigenvalue weighted by Crippen LogP contribution is 2.25. The average molecular weight is 330 g/mol. The summed E-state index contributed by atoms with van der Waals surface area (Å²) in [5.41, 5.74) is 4.51. The van der Waals surface area contributed by atoms with Crippen molar-refractivity contribution in [3.05, 3.63) is 57.0 Å². The van der Waals surface area contributed by atoms with E-state index in [9.17, 15) is 5.11 Å². The molecule has 2 aromatic heterocycles. The minimum absolute atomic E-state index is 0.106. The van der Waals surface area contributed by atoms with E-state index in [4.69, 9.17) is 4.99 Å². The standard InChI is InChI=1S/C17H18N2OS2/c1-12-8-13(2)10-14(9-12)18-17-19(5-6-20)15(11-22-17)16-4-3-7-21-16/h3-4,7-11,20H,5-6H2,1-2H3. The van der Waals surface area contributed by atoms with Crippen molar-refractivity contribution in [2.45, 2.75) is 20.4 Å². The number of thiophene rings is 1. The molecule has 0 fully saturated rings. The quantitative estimate of drug-likeness (QED) is 0.768. The molecule has 3 nitrogen and oxygen atoms in total. The summed E-state index contributed by atoms with van der Waals surface area (Å²) in [5.74, 6) is 0. The Kier molecular flexibility index (Phi) is 4.57. The number of thiazole rings is 1. The van der Waals surface area contributed by atoms with Gasteiger partial charge in [-0.1, -0.05) is 12.1 Å². The molecule has 0 aliphatic heterocycles. The molecule has 0 amide bonds. The first-order chi connectivity index (χ1) is 10.7. The molecule has 0 atom stereocenters. The van der Waals surface area contributed by atoms with E-state index in [0.717, 1.165) is 16.2 Å². The predicted octanol–water partition coefficient (Wildman–Crippen LogP) is 4.12. The van der Waals surface area contributed by atoms with Crippen LogP contribution in [0.25, 0.3) is 10.6 Å². The minimum Gasteiger partial charge on any atom is -0.395 e. The van der Waals surface area contributed by atoms with Crippen LogP contribution >= 0.6 is 22.7 Å². The van der Waals surface area contributed by atoms with Crippen LogP contribution in [0.1, 0.15) is 11.1 Å². The van der Waals surface area contributed by atoms with Crippen molar-refractivity contribution in [1.82, 2.24) is 4.57 Å². The largest absolute Gasteiger partial charge is 0.395 e. The number of aromatic nitrogens is 1. The molecule has 0 spiro atoms. The molecule has 114 valence electrons. The molecule has 0 aliphatic carbocycles. The van der Waals surface area contributed by atoms with E-state index in [1.165, 1.54) is 16.0 Å². The zero-order valence-electron chi connectivity index (χ0n) is 12.6. The van der Waals surface area contributed by atoms with Gasteiger partial charge in [-0.15, -0.1) is 22.7 Å². The Labute approximate surface area is 137 Å². The van der Waals surface area contributed by atoms with Gasteiger partial charge < -0.3 is 9.67 Å². The summed E-state index contributed by atoms with van der Waals surface area (Å²) in [6, 6.07) is 10.5. The number of hydrogen-bond acceptors (Lipinski definition) is 4. The van der Waals surface area contributed by atoms with E-state index < -0.39 is 0 Å². The van der Waals surface area contributed by atoms with Crippen LogP contribution in [0.4, 0.5) is 5.69 Å². The second-order valence-electron chi connectivity index (χ2n) is 5.21. The van der Waals surface area contributed by atoms with E-state index in [-0.39, 0.29) is 6.61 Å². The minimum atomic E-state index is 0.106. The summed E-state index contributed by atoms with van der Waals surface area (Å²) in [6.45, 7) is 4.83. The van der Waals surface area contributed by atoms with Crippen molar-refractivity contribution in [2.24, 2.45) is 4.99 Å². The van der Waals surface area contributed by atoms with Crippen LogP contribution in [0.5, 0.6) is 0 Å². The lowest BCUT2D eigenvalue weighted by Crippen LogP contribution is -2.17. The maximum absolute atomic E-state index is 9.38. The van der Waals surface area contributed by atoms with Crippen LogP contribution in [-0.4, -0.2) is 16.3 Å². The molecular weight excluding hydrogens is 312 g/mol. The summed E-state index contributed by atoms with van der Waals surface area (Å²) < 4.78 is 2.09. The maximum atomic E-state index is 9.38. The van der Waals surface area contributed by atoms with Crippen LogP contribution in [0.2, 0.25) is 0 Å². The van der Waals surface area contributed by atoms with Crippen LogP contribution in [0, 0.1) is 13.8 Å². The van der Waals surface area contributed by atoms with Gasteiger partial charge in [0.15, 0.2) is 4.80 Å². The van der Waals surface area contributed by atoms with Gasteiger partial charge in [-0.2, -0.15) is 0 Å². The molecule has 0 saturated carbocycles. The number of benzene rings is 1. The molecule has 0 unspecified atom stereocenters. The van der Waals surface area contributed by atoms with Gasteiger partial charge in [0.05, 0.1) is 22.9 Å². The molecule has 0 saturated heterocycles. The Balaban J connectivity index is 2.12. The van der Waals surface area contributed by atoms with Crippen molar-refractivity contribution in [2.75, 3.05) is 6.61 Å². The zero-order valence-corrected chi connectivity index (χ0v) is 14.2. The van der Waals surface area contributed by atoms with Crippen molar-refractivity contribution in [3.8, 4) is 10.6 Å². The average Bonchev–Trinajstić information content (AvgIpc) is 3.08. The van der Waals surface area contributed by atoms with Gasteiger partial charge in [-0.25, -0.2) is 4.99 Å². The molecule has 1 N–H and O–H groups in total. The highest BCUT2D eigenvalue weighted by atomic mass is 32.1. The Morgan fingerprint density at radius 2 is 1.91 bits per heavy atom. The van der Waals surface area contributed by atoms with Crippen molar-refractivity contribution >= 4 is 28.4 Å². The van der Waals surface area contributed by atoms with Crippen molar-refractivity contribution in [3.63, 3.8) is 0 Å². The first-order valence-electron chi connectivity index (χ1n) is 7.13. The van der Waals surface area contributed by atoms with Gasteiger partial charge in [-0.05, 0) is 48.6 Å². The lowest BCUT2D eigenvalue weighted by Gasteiger charge is -2.05. The molecular formula is C17H18N2OS2. The molecule has 0 bridgehead atoms. The molecule has 3 rings (SSSR count). The molecule has 0 aliphatic rings. The first kappa shape index (κ1) is 15.2. The molecule has 0 radical (unpaired) electrons. The van der Waals surface area contributed by atoms with Crippen molar-refractivity contribution in [1.29, 1.82) is 0 Å². The van der Waals surface area contributed by atoms with Gasteiger partial charge in [0.25, 0.3) is 0 Å². The number of aryl methyl sites for hydroxylation is 2. The fourth-order valence-electron chi connectivity index (χ4n) is 2.48. The Morgan fingerprint density at radius 3 is 2.55 bits per heavy atom. The third-order valence-electron chi connectivity index (χ3n) is 3.33. The Hall–Kier alpha value is -1.69. The summed E-state index contributed by atoms with van der Waals surface area (Å²) in [6.07, 6.45) is 0. The highest BCUT2D eigenvalue weighted by Gasteiger charge is 2.08. The normalized spacial score (nSPS) is 12.0. The number of nitrogens with zero attached hydrogens (tertiary/aromatic N) is 2. The maximum Gasteiger partial charge on any atom is 0.190 e.